The van der Waals surface area contributed by atoms with Crippen LogP contribution in [0.4, 0.5) is 0 Å². The number of amides is 1. The standard InChI is InChI=1S/C15H22N2O3S/c1-9-6-7-10(21(16,19)20)8-11(9)12(18)17-13-14(2,3)15(13,4)5/h6-8,13H,1-5H3,(H,17,18)(H2,16,19,20). The zero-order valence-electron chi connectivity index (χ0n) is 13.0. The molecule has 0 heterocycles. The normalized spacial score (nSPS) is 20.1. The van der Waals surface area contributed by atoms with Crippen LogP contribution < -0.4 is 10.5 Å². The van der Waals surface area contributed by atoms with Crippen LogP contribution in [-0.4, -0.2) is 20.4 Å². The lowest BCUT2D eigenvalue weighted by molar-refractivity contribution is 0.0943. The largest absolute Gasteiger partial charge is 0.348 e. The van der Waals surface area contributed by atoms with E-state index in [1.54, 1.807) is 13.0 Å². The van der Waals surface area contributed by atoms with Crippen LogP contribution in [0.15, 0.2) is 23.1 Å². The molecule has 1 aliphatic carbocycles. The molecule has 5 nitrogen and oxygen atoms in total. The first-order valence-electron chi connectivity index (χ1n) is 6.83. The molecule has 1 aromatic rings. The summed E-state index contributed by atoms with van der Waals surface area (Å²) in [5.74, 6) is -0.262. The summed E-state index contributed by atoms with van der Waals surface area (Å²) < 4.78 is 22.8. The molecule has 116 valence electrons. The molecular formula is C15H22N2O3S. The highest BCUT2D eigenvalue weighted by Gasteiger charge is 2.65. The predicted molar refractivity (Wildman–Crippen MR) is 81.4 cm³/mol. The van der Waals surface area contributed by atoms with Crippen LogP contribution >= 0.6 is 0 Å². The molecule has 0 radical (unpaired) electrons. The van der Waals surface area contributed by atoms with E-state index in [0.29, 0.717) is 5.56 Å². The van der Waals surface area contributed by atoms with Gasteiger partial charge in [-0.25, -0.2) is 13.6 Å². The Labute approximate surface area is 126 Å². The zero-order chi connectivity index (χ0) is 16.2. The summed E-state index contributed by atoms with van der Waals surface area (Å²) in [5.41, 5.74) is 1.11. The van der Waals surface area contributed by atoms with Gasteiger partial charge in [-0.1, -0.05) is 33.8 Å². The first kappa shape index (κ1) is 16.0. The number of nitrogens with two attached hydrogens (primary N) is 1. The second kappa shape index (κ2) is 4.55. The number of carbonyl (C=O) groups excluding carboxylic acids is 1. The molecule has 3 N–H and O–H groups in total. The number of hydrogen-bond acceptors (Lipinski definition) is 3. The summed E-state index contributed by atoms with van der Waals surface area (Å²) in [7, 11) is -3.81. The summed E-state index contributed by atoms with van der Waals surface area (Å²) in [4.78, 5) is 12.4. The molecule has 2 rings (SSSR count). The Morgan fingerprint density at radius 3 is 2.14 bits per heavy atom. The van der Waals surface area contributed by atoms with Crippen molar-refractivity contribution in [2.24, 2.45) is 16.0 Å². The second-order valence-corrected chi connectivity index (χ2v) is 8.43. The molecule has 6 heteroatoms. The summed E-state index contributed by atoms with van der Waals surface area (Å²) >= 11 is 0. The van der Waals surface area contributed by atoms with Gasteiger partial charge in [-0.05, 0) is 35.4 Å². The summed E-state index contributed by atoms with van der Waals surface area (Å²) in [5, 5.41) is 8.11. The van der Waals surface area contributed by atoms with E-state index >= 15 is 0 Å². The molecule has 0 aromatic heterocycles. The van der Waals surface area contributed by atoms with Gasteiger partial charge in [0.1, 0.15) is 0 Å². The lowest BCUT2D eigenvalue weighted by atomic mass is 10.0. The monoisotopic (exact) mass is 310 g/mol. The van der Waals surface area contributed by atoms with Gasteiger partial charge < -0.3 is 5.32 Å². The van der Waals surface area contributed by atoms with E-state index in [4.69, 9.17) is 5.14 Å². The second-order valence-electron chi connectivity index (χ2n) is 6.87. The fraction of sp³-hybridized carbons (Fsp3) is 0.533. The van der Waals surface area contributed by atoms with Crippen LogP contribution in [0.2, 0.25) is 0 Å². The number of nitrogens with one attached hydrogen (secondary N) is 1. The van der Waals surface area contributed by atoms with E-state index in [0.717, 1.165) is 5.56 Å². The quantitative estimate of drug-likeness (QED) is 0.892. The van der Waals surface area contributed by atoms with Crippen molar-refractivity contribution < 1.29 is 13.2 Å². The molecule has 1 aromatic carbocycles. The lowest BCUT2D eigenvalue weighted by Gasteiger charge is -2.10. The number of benzene rings is 1. The number of sulfonamides is 1. The fourth-order valence-corrected chi connectivity index (χ4v) is 3.33. The van der Waals surface area contributed by atoms with Crippen molar-refractivity contribution >= 4 is 15.9 Å². The SMILES string of the molecule is Cc1ccc(S(N)(=O)=O)cc1C(=O)NC1C(C)(C)C1(C)C. The Balaban J connectivity index is 2.29. The van der Waals surface area contributed by atoms with Gasteiger partial charge in [0.25, 0.3) is 5.91 Å². The van der Waals surface area contributed by atoms with Crippen LogP contribution in [0.3, 0.4) is 0 Å². The van der Waals surface area contributed by atoms with Gasteiger partial charge in [-0.2, -0.15) is 0 Å². The molecule has 1 saturated carbocycles. The Hall–Kier alpha value is -1.40. The highest BCUT2D eigenvalue weighted by molar-refractivity contribution is 7.89. The van der Waals surface area contributed by atoms with Gasteiger partial charge in [0.15, 0.2) is 0 Å². The highest BCUT2D eigenvalue weighted by Crippen LogP contribution is 2.62. The summed E-state index contributed by atoms with van der Waals surface area (Å²) in [6.07, 6.45) is 0. The number of hydrogen-bond donors (Lipinski definition) is 2. The third-order valence-electron chi connectivity index (χ3n) is 5.08. The van der Waals surface area contributed by atoms with Gasteiger partial charge in [0.2, 0.25) is 10.0 Å². The van der Waals surface area contributed by atoms with Gasteiger partial charge in [-0.15, -0.1) is 0 Å². The topological polar surface area (TPSA) is 89.3 Å². The van der Waals surface area contributed by atoms with Crippen LogP contribution in [0.1, 0.15) is 43.6 Å². The highest BCUT2D eigenvalue weighted by atomic mass is 32.2. The predicted octanol–water partition coefficient (Wildman–Crippen LogP) is 1.81. The number of primary sulfonamides is 1. The smallest absolute Gasteiger partial charge is 0.251 e. The fourth-order valence-electron chi connectivity index (χ4n) is 2.79. The maximum Gasteiger partial charge on any atom is 0.251 e. The van der Waals surface area contributed by atoms with Crippen molar-refractivity contribution in [1.82, 2.24) is 5.32 Å². The molecule has 1 amide bonds. The summed E-state index contributed by atoms with van der Waals surface area (Å²) in [6.45, 7) is 10.2. The van der Waals surface area contributed by atoms with E-state index in [1.807, 2.05) is 0 Å². The Morgan fingerprint density at radius 2 is 1.71 bits per heavy atom. The van der Waals surface area contributed by atoms with E-state index in [9.17, 15) is 13.2 Å². The van der Waals surface area contributed by atoms with Crippen LogP contribution in [0.5, 0.6) is 0 Å². The maximum atomic E-state index is 12.4. The van der Waals surface area contributed by atoms with Crippen molar-refractivity contribution in [1.29, 1.82) is 0 Å². The molecule has 0 unspecified atom stereocenters. The van der Waals surface area contributed by atoms with Gasteiger partial charge in [-0.3, -0.25) is 4.79 Å². The first-order valence-corrected chi connectivity index (χ1v) is 8.38. The van der Waals surface area contributed by atoms with Crippen molar-refractivity contribution in [2.45, 2.75) is 45.6 Å². The molecule has 0 aliphatic heterocycles. The summed E-state index contributed by atoms with van der Waals surface area (Å²) in [6, 6.07) is 4.40. The molecular weight excluding hydrogens is 288 g/mol. The van der Waals surface area contributed by atoms with Crippen LogP contribution in [0.25, 0.3) is 0 Å². The number of rotatable bonds is 3. The third-order valence-corrected chi connectivity index (χ3v) is 5.99. The first-order chi connectivity index (χ1) is 9.39. The van der Waals surface area contributed by atoms with Crippen LogP contribution in [0, 0.1) is 17.8 Å². The van der Waals surface area contributed by atoms with E-state index in [-0.39, 0.29) is 27.7 Å². The molecule has 21 heavy (non-hydrogen) atoms. The van der Waals surface area contributed by atoms with Gasteiger partial charge in [0.05, 0.1) is 4.90 Å². The van der Waals surface area contributed by atoms with Gasteiger partial charge in [0, 0.05) is 11.6 Å². The minimum absolute atomic E-state index is 0.0219. The Bertz CT molecular complexity index is 692. The molecule has 0 saturated heterocycles. The molecule has 0 atom stereocenters. The van der Waals surface area contributed by atoms with Gasteiger partial charge >= 0.3 is 0 Å². The van der Waals surface area contributed by atoms with Crippen molar-refractivity contribution in [3.05, 3.63) is 29.3 Å². The van der Waals surface area contributed by atoms with Crippen LogP contribution in [-0.2, 0) is 10.0 Å². The van der Waals surface area contributed by atoms with Crippen molar-refractivity contribution in [2.75, 3.05) is 0 Å². The van der Waals surface area contributed by atoms with E-state index in [2.05, 4.69) is 33.0 Å². The average Bonchev–Trinajstić information content (AvgIpc) is 2.70. The number of aryl methyl sites for hydroxylation is 1. The van der Waals surface area contributed by atoms with Crippen molar-refractivity contribution in [3.63, 3.8) is 0 Å². The zero-order valence-corrected chi connectivity index (χ0v) is 13.8. The van der Waals surface area contributed by atoms with E-state index < -0.39 is 10.0 Å². The Kier molecular flexibility index (Phi) is 3.46. The molecule has 0 bridgehead atoms. The third kappa shape index (κ3) is 2.58. The van der Waals surface area contributed by atoms with E-state index in [1.165, 1.54) is 12.1 Å². The molecule has 1 aliphatic rings. The molecule has 1 fully saturated rings. The minimum Gasteiger partial charge on any atom is -0.348 e. The minimum atomic E-state index is -3.81. The Morgan fingerprint density at radius 1 is 1.19 bits per heavy atom. The lowest BCUT2D eigenvalue weighted by Crippen LogP contribution is -2.30. The average molecular weight is 310 g/mol. The maximum absolute atomic E-state index is 12.4. The number of carbonyl (C=O) groups is 1. The molecule has 0 spiro atoms. The van der Waals surface area contributed by atoms with Crippen molar-refractivity contribution in [3.8, 4) is 0 Å².